The third-order valence-electron chi connectivity index (χ3n) is 3.70. The first-order valence-electron chi connectivity index (χ1n) is 7.14. The van der Waals surface area contributed by atoms with Crippen molar-refractivity contribution in [3.05, 3.63) is 44.3 Å². The molecule has 0 saturated heterocycles. The summed E-state index contributed by atoms with van der Waals surface area (Å²) in [5, 5.41) is 2.11. The molecule has 1 aliphatic rings. The quantitative estimate of drug-likeness (QED) is 0.930. The minimum atomic E-state index is 0.201. The fraction of sp³-hybridized carbons (Fsp3) is 0.438. The van der Waals surface area contributed by atoms with Gasteiger partial charge in [-0.25, -0.2) is 0 Å². The third kappa shape index (κ3) is 2.99. The molecule has 2 aromatic heterocycles. The largest absolute Gasteiger partial charge is 0.370 e. The molecule has 0 bridgehead atoms. The summed E-state index contributed by atoms with van der Waals surface area (Å²) in [6, 6.07) is 9.01. The molecular weight excluding hydrogens is 298 g/mol. The van der Waals surface area contributed by atoms with Crippen LogP contribution < -0.4 is 5.73 Å². The lowest BCUT2D eigenvalue weighted by molar-refractivity contribution is 0.347. The average Bonchev–Trinajstić information content (AvgIpc) is 3.11. The van der Waals surface area contributed by atoms with E-state index in [4.69, 9.17) is 5.73 Å². The van der Waals surface area contributed by atoms with E-state index in [0.29, 0.717) is 5.96 Å². The van der Waals surface area contributed by atoms with Crippen LogP contribution in [0.4, 0.5) is 0 Å². The smallest absolute Gasteiger partial charge is 0.192 e. The van der Waals surface area contributed by atoms with Crippen molar-refractivity contribution in [2.45, 2.75) is 38.8 Å². The van der Waals surface area contributed by atoms with Crippen LogP contribution in [0.25, 0.3) is 0 Å². The standard InChI is InChI=1S/C16H21N3S2/c1-16(2,3)14-7-6-13(21-14)12-9-18-15(17)19(12)10-11-5-4-8-20-11/h4-8,12H,9-10H2,1-3H3,(H2,17,18). The highest BCUT2D eigenvalue weighted by molar-refractivity contribution is 7.12. The van der Waals surface area contributed by atoms with Gasteiger partial charge in [-0.15, -0.1) is 22.7 Å². The predicted octanol–water partition coefficient (Wildman–Crippen LogP) is 3.98. The number of hydrogen-bond donors (Lipinski definition) is 1. The van der Waals surface area contributed by atoms with Gasteiger partial charge in [0, 0.05) is 14.6 Å². The van der Waals surface area contributed by atoms with E-state index >= 15 is 0 Å². The number of aliphatic imine (C=N–C) groups is 1. The summed E-state index contributed by atoms with van der Waals surface area (Å²) in [7, 11) is 0. The summed E-state index contributed by atoms with van der Waals surface area (Å²) >= 11 is 3.66. The number of thiophene rings is 2. The fourth-order valence-corrected chi connectivity index (χ4v) is 4.34. The van der Waals surface area contributed by atoms with Gasteiger partial charge in [0.15, 0.2) is 5.96 Å². The highest BCUT2D eigenvalue weighted by Gasteiger charge is 2.30. The van der Waals surface area contributed by atoms with Crippen LogP contribution in [0.15, 0.2) is 34.6 Å². The third-order valence-corrected chi connectivity index (χ3v) is 6.17. The first-order chi connectivity index (χ1) is 9.95. The van der Waals surface area contributed by atoms with E-state index < -0.39 is 0 Å². The van der Waals surface area contributed by atoms with Crippen LogP contribution in [0.5, 0.6) is 0 Å². The van der Waals surface area contributed by atoms with Crippen LogP contribution in [0.1, 0.15) is 41.4 Å². The molecule has 0 saturated carbocycles. The first kappa shape index (κ1) is 14.6. The monoisotopic (exact) mass is 319 g/mol. The number of nitrogens with zero attached hydrogens (tertiary/aromatic N) is 2. The van der Waals surface area contributed by atoms with Gasteiger partial charge in [0.25, 0.3) is 0 Å². The van der Waals surface area contributed by atoms with Crippen molar-refractivity contribution in [3.8, 4) is 0 Å². The number of nitrogens with two attached hydrogens (primary N) is 1. The van der Waals surface area contributed by atoms with Gasteiger partial charge in [0.05, 0.1) is 19.1 Å². The topological polar surface area (TPSA) is 41.6 Å². The normalized spacial score (nSPS) is 19.1. The molecule has 3 rings (SSSR count). The van der Waals surface area contributed by atoms with E-state index in [0.717, 1.165) is 13.1 Å². The summed E-state index contributed by atoms with van der Waals surface area (Å²) < 4.78 is 0. The van der Waals surface area contributed by atoms with Gasteiger partial charge in [-0.2, -0.15) is 0 Å². The van der Waals surface area contributed by atoms with Crippen molar-refractivity contribution in [3.63, 3.8) is 0 Å². The van der Waals surface area contributed by atoms with Crippen molar-refractivity contribution in [1.82, 2.24) is 4.90 Å². The van der Waals surface area contributed by atoms with E-state index in [1.54, 1.807) is 11.3 Å². The van der Waals surface area contributed by atoms with Crippen LogP contribution >= 0.6 is 22.7 Å². The molecule has 21 heavy (non-hydrogen) atoms. The Balaban J connectivity index is 1.82. The number of hydrogen-bond acceptors (Lipinski definition) is 5. The molecule has 5 heteroatoms. The van der Waals surface area contributed by atoms with Crippen LogP contribution in [-0.2, 0) is 12.0 Å². The molecule has 1 aliphatic heterocycles. The summed E-state index contributed by atoms with van der Waals surface area (Å²) in [6.07, 6.45) is 0. The molecule has 0 radical (unpaired) electrons. The molecule has 0 spiro atoms. The number of rotatable bonds is 3. The lowest BCUT2D eigenvalue weighted by Crippen LogP contribution is -2.35. The SMILES string of the molecule is CC(C)(C)c1ccc(C2CN=C(N)N2Cc2cccs2)s1. The van der Waals surface area contributed by atoms with Gasteiger partial charge >= 0.3 is 0 Å². The Bertz CT molecular complexity index is 635. The lowest BCUT2D eigenvalue weighted by atomic mass is 9.95. The minimum Gasteiger partial charge on any atom is -0.370 e. The predicted molar refractivity (Wildman–Crippen MR) is 92.1 cm³/mol. The molecule has 1 unspecified atom stereocenters. The highest BCUT2D eigenvalue weighted by atomic mass is 32.1. The maximum absolute atomic E-state index is 6.10. The van der Waals surface area contributed by atoms with Crippen molar-refractivity contribution in [2.75, 3.05) is 6.54 Å². The Morgan fingerprint density at radius 2 is 2.14 bits per heavy atom. The summed E-state index contributed by atoms with van der Waals surface area (Å²) in [4.78, 5) is 10.8. The second-order valence-electron chi connectivity index (χ2n) is 6.37. The van der Waals surface area contributed by atoms with E-state index in [-0.39, 0.29) is 11.5 Å². The second-order valence-corrected chi connectivity index (χ2v) is 8.52. The van der Waals surface area contributed by atoms with E-state index in [1.807, 2.05) is 11.3 Å². The van der Waals surface area contributed by atoms with E-state index in [2.05, 4.69) is 60.3 Å². The van der Waals surface area contributed by atoms with E-state index in [9.17, 15) is 0 Å². The van der Waals surface area contributed by atoms with E-state index in [1.165, 1.54) is 14.6 Å². The zero-order valence-corrected chi connectivity index (χ0v) is 14.3. The van der Waals surface area contributed by atoms with Crippen molar-refractivity contribution >= 4 is 28.6 Å². The Kier molecular flexibility index (Phi) is 3.80. The van der Waals surface area contributed by atoms with Gasteiger partial charge in [0.2, 0.25) is 0 Å². The highest BCUT2D eigenvalue weighted by Crippen LogP contribution is 2.36. The van der Waals surface area contributed by atoms with Gasteiger partial charge in [-0.05, 0) is 29.0 Å². The minimum absolute atomic E-state index is 0.201. The molecule has 0 aromatic carbocycles. The maximum atomic E-state index is 6.10. The molecule has 0 fully saturated rings. The number of guanidine groups is 1. The second kappa shape index (κ2) is 5.46. The van der Waals surface area contributed by atoms with Crippen LogP contribution in [0, 0.1) is 0 Å². The Hall–Kier alpha value is -1.33. The lowest BCUT2D eigenvalue weighted by Gasteiger charge is -2.25. The average molecular weight is 319 g/mol. The molecule has 112 valence electrons. The van der Waals surface area contributed by atoms with Crippen LogP contribution in [0.3, 0.4) is 0 Å². The fourth-order valence-electron chi connectivity index (χ4n) is 2.47. The Labute approximate surface area is 134 Å². The van der Waals surface area contributed by atoms with Crippen molar-refractivity contribution in [1.29, 1.82) is 0 Å². The van der Waals surface area contributed by atoms with Gasteiger partial charge in [-0.3, -0.25) is 4.99 Å². The van der Waals surface area contributed by atoms with Crippen molar-refractivity contribution < 1.29 is 0 Å². The van der Waals surface area contributed by atoms with Gasteiger partial charge in [-0.1, -0.05) is 26.8 Å². The molecule has 0 aliphatic carbocycles. The van der Waals surface area contributed by atoms with Crippen molar-refractivity contribution in [2.24, 2.45) is 10.7 Å². The molecular formula is C16H21N3S2. The zero-order valence-electron chi connectivity index (χ0n) is 12.7. The summed E-state index contributed by atoms with van der Waals surface area (Å²) in [5.41, 5.74) is 6.30. The van der Waals surface area contributed by atoms with Gasteiger partial charge in [0.1, 0.15) is 0 Å². The van der Waals surface area contributed by atoms with Crippen LogP contribution in [0.2, 0.25) is 0 Å². The summed E-state index contributed by atoms with van der Waals surface area (Å²) in [6.45, 7) is 8.38. The van der Waals surface area contributed by atoms with Gasteiger partial charge < -0.3 is 10.6 Å². The molecule has 0 amide bonds. The molecule has 2 aromatic rings. The summed E-state index contributed by atoms with van der Waals surface area (Å²) in [5.74, 6) is 0.666. The molecule has 3 nitrogen and oxygen atoms in total. The molecule has 1 atom stereocenters. The van der Waals surface area contributed by atoms with Crippen LogP contribution in [-0.4, -0.2) is 17.4 Å². The molecule has 2 N–H and O–H groups in total. The maximum Gasteiger partial charge on any atom is 0.192 e. The first-order valence-corrected chi connectivity index (χ1v) is 8.84. The zero-order chi connectivity index (χ0) is 15.0. The Morgan fingerprint density at radius 1 is 1.33 bits per heavy atom. The Morgan fingerprint density at radius 3 is 2.76 bits per heavy atom. The molecule has 3 heterocycles.